The SMILES string of the molecule is CCCNC1CCN(CC2(C)CCC2)C(C)C1. The lowest BCUT2D eigenvalue weighted by Gasteiger charge is -2.47. The summed E-state index contributed by atoms with van der Waals surface area (Å²) in [6.07, 6.45) is 8.31. The molecule has 0 spiro atoms. The Morgan fingerprint density at radius 3 is 2.65 bits per heavy atom. The van der Waals surface area contributed by atoms with E-state index in [1.54, 1.807) is 0 Å². The maximum Gasteiger partial charge on any atom is 0.00940 e. The summed E-state index contributed by atoms with van der Waals surface area (Å²) in [6.45, 7) is 11.0. The molecule has 0 bridgehead atoms. The lowest BCUT2D eigenvalue weighted by atomic mass is 9.70. The van der Waals surface area contributed by atoms with E-state index in [0.717, 1.165) is 12.1 Å². The van der Waals surface area contributed by atoms with Crippen molar-refractivity contribution in [1.29, 1.82) is 0 Å². The van der Waals surface area contributed by atoms with Crippen LogP contribution in [0.5, 0.6) is 0 Å². The summed E-state index contributed by atoms with van der Waals surface area (Å²) in [4.78, 5) is 2.74. The highest BCUT2D eigenvalue weighted by atomic mass is 15.2. The van der Waals surface area contributed by atoms with E-state index in [9.17, 15) is 0 Å². The number of likely N-dealkylation sites (tertiary alicyclic amines) is 1. The molecule has 0 aromatic heterocycles. The van der Waals surface area contributed by atoms with Crippen molar-refractivity contribution in [1.82, 2.24) is 10.2 Å². The maximum absolute atomic E-state index is 3.69. The number of rotatable bonds is 5. The molecule has 1 aliphatic carbocycles. The van der Waals surface area contributed by atoms with Gasteiger partial charge >= 0.3 is 0 Å². The van der Waals surface area contributed by atoms with Gasteiger partial charge < -0.3 is 10.2 Å². The topological polar surface area (TPSA) is 15.3 Å². The van der Waals surface area contributed by atoms with E-state index in [0.29, 0.717) is 5.41 Å². The van der Waals surface area contributed by atoms with Gasteiger partial charge in [0.2, 0.25) is 0 Å². The first-order valence-electron chi connectivity index (χ1n) is 7.60. The van der Waals surface area contributed by atoms with Gasteiger partial charge in [0.1, 0.15) is 0 Å². The minimum absolute atomic E-state index is 0.651. The quantitative estimate of drug-likeness (QED) is 0.792. The molecule has 17 heavy (non-hydrogen) atoms. The molecule has 0 amide bonds. The highest BCUT2D eigenvalue weighted by Gasteiger charge is 2.36. The van der Waals surface area contributed by atoms with Gasteiger partial charge in [-0.2, -0.15) is 0 Å². The van der Waals surface area contributed by atoms with Crippen LogP contribution >= 0.6 is 0 Å². The Hall–Kier alpha value is -0.0800. The summed E-state index contributed by atoms with van der Waals surface area (Å²) in [5.74, 6) is 0. The number of nitrogens with zero attached hydrogens (tertiary/aromatic N) is 1. The second kappa shape index (κ2) is 5.71. The zero-order chi connectivity index (χ0) is 12.3. The zero-order valence-electron chi connectivity index (χ0n) is 12.0. The predicted octanol–water partition coefficient (Wildman–Crippen LogP) is 3.03. The van der Waals surface area contributed by atoms with Crippen molar-refractivity contribution in [2.45, 2.75) is 71.4 Å². The number of hydrogen-bond donors (Lipinski definition) is 1. The summed E-state index contributed by atoms with van der Waals surface area (Å²) in [5, 5.41) is 3.69. The molecule has 0 aromatic rings. The molecule has 1 aliphatic heterocycles. The van der Waals surface area contributed by atoms with E-state index in [4.69, 9.17) is 0 Å². The third kappa shape index (κ3) is 3.45. The molecule has 0 aromatic carbocycles. The smallest absolute Gasteiger partial charge is 0.00940 e. The summed E-state index contributed by atoms with van der Waals surface area (Å²) in [7, 11) is 0. The molecule has 0 radical (unpaired) electrons. The molecule has 1 saturated carbocycles. The van der Waals surface area contributed by atoms with Gasteiger partial charge in [-0.25, -0.2) is 0 Å². The summed E-state index contributed by atoms with van der Waals surface area (Å²) in [5.41, 5.74) is 0.651. The highest BCUT2D eigenvalue weighted by molar-refractivity contribution is 4.90. The predicted molar refractivity (Wildman–Crippen MR) is 74.3 cm³/mol. The molecular formula is C15H30N2. The Balaban J connectivity index is 1.75. The third-order valence-electron chi connectivity index (χ3n) is 4.84. The Morgan fingerprint density at radius 2 is 2.12 bits per heavy atom. The first-order valence-corrected chi connectivity index (χ1v) is 7.60. The first kappa shape index (κ1) is 13.4. The van der Waals surface area contributed by atoms with Crippen molar-refractivity contribution in [3.8, 4) is 0 Å². The zero-order valence-corrected chi connectivity index (χ0v) is 12.0. The monoisotopic (exact) mass is 238 g/mol. The molecule has 1 heterocycles. The van der Waals surface area contributed by atoms with E-state index < -0.39 is 0 Å². The molecular weight excluding hydrogens is 208 g/mol. The van der Waals surface area contributed by atoms with E-state index >= 15 is 0 Å². The molecule has 100 valence electrons. The van der Waals surface area contributed by atoms with Gasteiger partial charge in [0, 0.05) is 18.6 Å². The summed E-state index contributed by atoms with van der Waals surface area (Å²) < 4.78 is 0. The lowest BCUT2D eigenvalue weighted by Crippen LogP contribution is -2.51. The Morgan fingerprint density at radius 1 is 1.35 bits per heavy atom. The van der Waals surface area contributed by atoms with Crippen LogP contribution in [-0.4, -0.2) is 36.6 Å². The molecule has 2 atom stereocenters. The maximum atomic E-state index is 3.69. The number of piperidine rings is 1. The molecule has 1 N–H and O–H groups in total. The molecule has 2 rings (SSSR count). The van der Waals surface area contributed by atoms with Gasteiger partial charge in [-0.1, -0.05) is 20.3 Å². The fourth-order valence-corrected chi connectivity index (χ4v) is 3.42. The van der Waals surface area contributed by atoms with Crippen LogP contribution in [0.1, 0.15) is 59.3 Å². The van der Waals surface area contributed by atoms with Gasteiger partial charge in [0.05, 0.1) is 0 Å². The van der Waals surface area contributed by atoms with Crippen molar-refractivity contribution < 1.29 is 0 Å². The van der Waals surface area contributed by atoms with E-state index in [1.165, 1.54) is 58.2 Å². The van der Waals surface area contributed by atoms with Crippen LogP contribution in [0.3, 0.4) is 0 Å². The molecule has 2 nitrogen and oxygen atoms in total. The van der Waals surface area contributed by atoms with Crippen molar-refractivity contribution in [2.24, 2.45) is 5.41 Å². The van der Waals surface area contributed by atoms with E-state index in [2.05, 4.69) is 31.0 Å². The number of nitrogens with one attached hydrogen (secondary N) is 1. The van der Waals surface area contributed by atoms with Crippen LogP contribution in [0.25, 0.3) is 0 Å². The lowest BCUT2D eigenvalue weighted by molar-refractivity contribution is 0.0401. The van der Waals surface area contributed by atoms with Crippen molar-refractivity contribution in [2.75, 3.05) is 19.6 Å². The van der Waals surface area contributed by atoms with Gasteiger partial charge in [0.15, 0.2) is 0 Å². The Bertz CT molecular complexity index is 235. The Labute approximate surface area is 107 Å². The average molecular weight is 238 g/mol. The van der Waals surface area contributed by atoms with E-state index in [-0.39, 0.29) is 0 Å². The second-order valence-electron chi connectivity index (χ2n) is 6.66. The van der Waals surface area contributed by atoms with Crippen molar-refractivity contribution >= 4 is 0 Å². The second-order valence-corrected chi connectivity index (χ2v) is 6.66. The molecule has 2 fully saturated rings. The highest BCUT2D eigenvalue weighted by Crippen LogP contribution is 2.41. The van der Waals surface area contributed by atoms with E-state index in [1.807, 2.05) is 0 Å². The summed E-state index contributed by atoms with van der Waals surface area (Å²) in [6, 6.07) is 1.55. The molecule has 2 aliphatic rings. The standard InChI is InChI=1S/C15H30N2/c1-4-9-16-14-6-10-17(13(2)11-14)12-15(3)7-5-8-15/h13-14,16H,4-12H2,1-3H3. The van der Waals surface area contributed by atoms with Crippen LogP contribution in [0.2, 0.25) is 0 Å². The largest absolute Gasteiger partial charge is 0.314 e. The van der Waals surface area contributed by atoms with Crippen LogP contribution in [0.4, 0.5) is 0 Å². The van der Waals surface area contributed by atoms with Crippen LogP contribution < -0.4 is 5.32 Å². The molecule has 2 unspecified atom stereocenters. The molecule has 1 saturated heterocycles. The van der Waals surface area contributed by atoms with Crippen molar-refractivity contribution in [3.63, 3.8) is 0 Å². The summed E-state index contributed by atoms with van der Waals surface area (Å²) >= 11 is 0. The van der Waals surface area contributed by atoms with Crippen molar-refractivity contribution in [3.05, 3.63) is 0 Å². The average Bonchev–Trinajstić information content (AvgIpc) is 2.27. The van der Waals surface area contributed by atoms with Gasteiger partial charge in [-0.15, -0.1) is 0 Å². The Kier molecular flexibility index (Phi) is 4.48. The van der Waals surface area contributed by atoms with Gasteiger partial charge in [-0.3, -0.25) is 0 Å². The minimum Gasteiger partial charge on any atom is -0.314 e. The fourth-order valence-electron chi connectivity index (χ4n) is 3.42. The normalized spacial score (nSPS) is 33.4. The van der Waals surface area contributed by atoms with Crippen LogP contribution in [-0.2, 0) is 0 Å². The van der Waals surface area contributed by atoms with Gasteiger partial charge in [0.25, 0.3) is 0 Å². The first-order chi connectivity index (χ1) is 8.13. The number of hydrogen-bond acceptors (Lipinski definition) is 2. The minimum atomic E-state index is 0.651. The molecule has 2 heteroatoms. The van der Waals surface area contributed by atoms with Crippen LogP contribution in [0.15, 0.2) is 0 Å². The third-order valence-corrected chi connectivity index (χ3v) is 4.84. The van der Waals surface area contributed by atoms with Crippen LogP contribution in [0, 0.1) is 5.41 Å². The fraction of sp³-hybridized carbons (Fsp3) is 1.00. The van der Waals surface area contributed by atoms with Gasteiger partial charge in [-0.05, 0) is 57.5 Å².